The van der Waals surface area contributed by atoms with E-state index in [1.54, 1.807) is 6.92 Å². The van der Waals surface area contributed by atoms with Crippen LogP contribution in [0.15, 0.2) is 65.6 Å². The Bertz CT molecular complexity index is 2040. The lowest BCUT2D eigenvalue weighted by molar-refractivity contribution is -0.137. The van der Waals surface area contributed by atoms with Gasteiger partial charge < -0.3 is 5.73 Å². The molecule has 0 saturated heterocycles. The van der Waals surface area contributed by atoms with Crippen molar-refractivity contribution in [2.75, 3.05) is 5.73 Å². The summed E-state index contributed by atoms with van der Waals surface area (Å²) in [5.74, 6) is -2.28. The van der Waals surface area contributed by atoms with Crippen molar-refractivity contribution in [3.8, 4) is 34.0 Å². The third kappa shape index (κ3) is 7.39. The van der Waals surface area contributed by atoms with Crippen molar-refractivity contribution in [3.05, 3.63) is 104 Å². The van der Waals surface area contributed by atoms with Gasteiger partial charge in [-0.1, -0.05) is 71.2 Å². The monoisotopic (exact) mass is 752 g/mol. The van der Waals surface area contributed by atoms with Crippen LogP contribution in [0.25, 0.3) is 27.9 Å². The highest BCUT2D eigenvalue weighted by Gasteiger charge is 2.43. The lowest BCUT2D eigenvalue weighted by atomic mass is 9.94. The standard InChI is InChI=1S/C17H11ClF2N2.C12H4Cl2F6N4OS/c1-10-14(11-6-3-2-4-7-11)16(17(18)22-21-10)15-12(19)8-5-9-13(15)20;13-5-1-4(11(15,16)17)2-6(14)8(5)24-10(22)9(7(3-21)23-24)26(25)12(18,19)20/h2-9H,1H3;1-2H,22H2. The van der Waals surface area contributed by atoms with Gasteiger partial charge in [-0.2, -0.15) is 41.8 Å². The fraction of sp³-hybridized carbons (Fsp3) is 0.103. The second-order valence-corrected chi connectivity index (χ2v) is 12.0. The second-order valence-electron chi connectivity index (χ2n) is 9.38. The first kappa shape index (κ1) is 36.5. The number of aromatic nitrogens is 4. The number of nitrogens with zero attached hydrogens (tertiary/aromatic N) is 5. The van der Waals surface area contributed by atoms with E-state index in [1.807, 2.05) is 30.3 Å². The van der Waals surface area contributed by atoms with E-state index in [1.165, 1.54) is 24.3 Å². The average Bonchev–Trinajstić information content (AvgIpc) is 3.33. The van der Waals surface area contributed by atoms with Crippen molar-refractivity contribution >= 4 is 51.4 Å². The van der Waals surface area contributed by atoms with E-state index in [-0.39, 0.29) is 16.3 Å². The van der Waals surface area contributed by atoms with Crippen molar-refractivity contribution in [1.29, 1.82) is 5.26 Å². The summed E-state index contributed by atoms with van der Waals surface area (Å²) in [6.07, 6.45) is -4.79. The van der Waals surface area contributed by atoms with Crippen LogP contribution in [0.4, 0.5) is 40.9 Å². The van der Waals surface area contributed by atoms with Gasteiger partial charge in [-0.15, -0.1) is 5.10 Å². The highest BCUT2D eigenvalue weighted by atomic mass is 35.5. The first-order chi connectivity index (χ1) is 22.4. The lowest BCUT2D eigenvalue weighted by Crippen LogP contribution is -2.18. The Hall–Kier alpha value is -4.30. The minimum absolute atomic E-state index is 0.0338. The predicted molar refractivity (Wildman–Crippen MR) is 163 cm³/mol. The summed E-state index contributed by atoms with van der Waals surface area (Å²) in [6, 6.07) is 15.1. The van der Waals surface area contributed by atoms with Gasteiger partial charge in [0.05, 0.1) is 26.9 Å². The van der Waals surface area contributed by atoms with E-state index in [0.717, 1.165) is 5.56 Å². The molecule has 2 aromatic heterocycles. The van der Waals surface area contributed by atoms with Crippen LogP contribution in [-0.4, -0.2) is 29.7 Å². The normalized spacial score (nSPS) is 12.2. The summed E-state index contributed by atoms with van der Waals surface area (Å²) >= 11 is 17.6. The molecule has 0 aliphatic carbocycles. The maximum atomic E-state index is 14.2. The van der Waals surface area contributed by atoms with Gasteiger partial charge in [0.15, 0.2) is 21.6 Å². The number of alkyl halides is 6. The molecule has 3 aromatic carbocycles. The number of nitrogens with two attached hydrogens (primary N) is 1. The number of nitrogen functional groups attached to an aromatic ring is 1. The Balaban J connectivity index is 0.000000219. The highest BCUT2D eigenvalue weighted by Crippen LogP contribution is 2.41. The quantitative estimate of drug-likeness (QED) is 0.183. The number of halogens is 11. The van der Waals surface area contributed by atoms with Gasteiger partial charge in [0, 0.05) is 11.1 Å². The summed E-state index contributed by atoms with van der Waals surface area (Å²) in [6.45, 7) is 1.73. The molecule has 0 amide bonds. The Kier molecular flexibility index (Phi) is 10.7. The minimum Gasteiger partial charge on any atom is -0.383 e. The molecule has 19 heteroatoms. The number of aryl methyl sites for hydroxylation is 1. The molecular formula is C29H15Cl3F8N6OS. The number of benzene rings is 3. The zero-order valence-corrected chi connectivity index (χ0v) is 26.6. The van der Waals surface area contributed by atoms with Gasteiger partial charge >= 0.3 is 11.7 Å². The van der Waals surface area contributed by atoms with E-state index in [4.69, 9.17) is 45.8 Å². The topological polar surface area (TPSA) is 110 Å². The molecule has 250 valence electrons. The van der Waals surface area contributed by atoms with Crippen molar-refractivity contribution in [2.45, 2.75) is 23.5 Å². The largest absolute Gasteiger partial charge is 0.476 e. The van der Waals surface area contributed by atoms with Crippen molar-refractivity contribution in [2.24, 2.45) is 0 Å². The minimum atomic E-state index is -5.25. The third-order valence-electron chi connectivity index (χ3n) is 6.31. The van der Waals surface area contributed by atoms with E-state index < -0.39 is 71.8 Å². The first-order valence-corrected chi connectivity index (χ1v) is 15.0. The number of nitriles is 1. The van der Waals surface area contributed by atoms with Gasteiger partial charge in [0.25, 0.3) is 0 Å². The van der Waals surface area contributed by atoms with Crippen molar-refractivity contribution in [3.63, 3.8) is 0 Å². The molecule has 48 heavy (non-hydrogen) atoms. The van der Waals surface area contributed by atoms with Gasteiger partial charge in [0.1, 0.15) is 34.1 Å². The van der Waals surface area contributed by atoms with Crippen LogP contribution in [0.3, 0.4) is 0 Å². The van der Waals surface area contributed by atoms with Crippen LogP contribution in [0.5, 0.6) is 0 Å². The second kappa shape index (κ2) is 14.0. The summed E-state index contributed by atoms with van der Waals surface area (Å²) in [5, 5.41) is 18.8. The number of hydrogen-bond acceptors (Lipinski definition) is 6. The van der Waals surface area contributed by atoms with Crippen LogP contribution in [0.2, 0.25) is 15.2 Å². The van der Waals surface area contributed by atoms with E-state index >= 15 is 0 Å². The van der Waals surface area contributed by atoms with E-state index in [9.17, 15) is 39.3 Å². The molecule has 7 nitrogen and oxygen atoms in total. The molecule has 0 saturated carbocycles. The molecule has 5 rings (SSSR count). The molecule has 0 bridgehead atoms. The van der Waals surface area contributed by atoms with E-state index in [0.29, 0.717) is 28.1 Å². The SMILES string of the molecule is Cc1nnc(Cl)c(-c2c(F)cccc2F)c1-c1ccccc1.N#Cc1nn(-c2c(Cl)cc(C(F)(F)F)cc2Cl)c(N)c1S(=O)C(F)(F)F. The number of rotatable bonds is 4. The van der Waals surface area contributed by atoms with Crippen LogP contribution in [-0.2, 0) is 17.0 Å². The fourth-order valence-corrected chi connectivity index (χ4v) is 5.96. The molecule has 1 atom stereocenters. The molecule has 0 fully saturated rings. The molecule has 1 unspecified atom stereocenters. The summed E-state index contributed by atoms with van der Waals surface area (Å²) < 4.78 is 117. The molecule has 2 heterocycles. The molecule has 0 spiro atoms. The lowest BCUT2D eigenvalue weighted by Gasteiger charge is -2.14. The van der Waals surface area contributed by atoms with Gasteiger partial charge in [0.2, 0.25) is 0 Å². The average molecular weight is 754 g/mol. The zero-order valence-electron chi connectivity index (χ0n) is 23.6. The molecule has 2 N–H and O–H groups in total. The van der Waals surface area contributed by atoms with Crippen molar-refractivity contribution in [1.82, 2.24) is 20.0 Å². The molecule has 0 radical (unpaired) electrons. The summed E-state index contributed by atoms with van der Waals surface area (Å²) in [4.78, 5) is -1.15. The molecular weight excluding hydrogens is 739 g/mol. The fourth-order valence-electron chi connectivity index (χ4n) is 4.32. The maximum absolute atomic E-state index is 14.2. The number of hydrogen-bond donors (Lipinski definition) is 1. The number of anilines is 1. The Morgan fingerprint density at radius 2 is 1.42 bits per heavy atom. The summed E-state index contributed by atoms with van der Waals surface area (Å²) in [5.41, 5.74) is -0.497. The smallest absolute Gasteiger partial charge is 0.383 e. The third-order valence-corrected chi connectivity index (χ3v) is 8.35. The van der Waals surface area contributed by atoms with Crippen LogP contribution in [0.1, 0.15) is 17.0 Å². The van der Waals surface area contributed by atoms with Crippen LogP contribution >= 0.6 is 34.8 Å². The van der Waals surface area contributed by atoms with Gasteiger partial charge in [-0.05, 0) is 36.8 Å². The molecule has 0 aliphatic rings. The summed E-state index contributed by atoms with van der Waals surface area (Å²) in [7, 11) is -3.71. The Labute approximate surface area is 282 Å². The highest BCUT2D eigenvalue weighted by molar-refractivity contribution is 7.86. The van der Waals surface area contributed by atoms with Gasteiger partial charge in [-0.25, -0.2) is 17.7 Å². The molecule has 5 aromatic rings. The van der Waals surface area contributed by atoms with E-state index in [2.05, 4.69) is 15.3 Å². The Morgan fingerprint density at radius 3 is 1.92 bits per heavy atom. The maximum Gasteiger partial charge on any atom is 0.476 e. The first-order valence-electron chi connectivity index (χ1n) is 12.7. The Morgan fingerprint density at radius 1 is 0.854 bits per heavy atom. The molecule has 0 aliphatic heterocycles. The predicted octanol–water partition coefficient (Wildman–Crippen LogP) is 9.33. The van der Waals surface area contributed by atoms with Gasteiger partial charge in [-0.3, -0.25) is 0 Å². The zero-order chi connectivity index (χ0) is 35.7. The van der Waals surface area contributed by atoms with Crippen molar-refractivity contribution < 1.29 is 39.3 Å². The van der Waals surface area contributed by atoms with Crippen LogP contribution in [0, 0.1) is 29.9 Å². The van der Waals surface area contributed by atoms with Crippen LogP contribution < -0.4 is 5.73 Å².